The minimum Gasteiger partial charge on any atom is -0.379 e. The van der Waals surface area contributed by atoms with Gasteiger partial charge in [0, 0.05) is 25.2 Å². The number of nitrogens with one attached hydrogen (secondary N) is 3. The van der Waals surface area contributed by atoms with Gasteiger partial charge in [-0.05, 0) is 20.4 Å². The van der Waals surface area contributed by atoms with Gasteiger partial charge in [-0.3, -0.25) is 0 Å². The summed E-state index contributed by atoms with van der Waals surface area (Å²) in [6.07, 6.45) is 0.944. The van der Waals surface area contributed by atoms with Gasteiger partial charge in [0.05, 0.1) is 19.0 Å². The second-order valence-corrected chi connectivity index (χ2v) is 6.39. The third kappa shape index (κ3) is 6.32. The molecule has 0 aromatic carbocycles. The van der Waals surface area contributed by atoms with Gasteiger partial charge in [0.1, 0.15) is 0 Å². The summed E-state index contributed by atoms with van der Waals surface area (Å²) < 4.78 is 30.0. The van der Waals surface area contributed by atoms with Crippen LogP contribution in [-0.2, 0) is 14.8 Å². The Morgan fingerprint density at radius 3 is 2.88 bits per heavy atom. The fraction of sp³-hybridized carbons (Fsp3) is 1.00. The molecule has 3 N–H and O–H groups in total. The van der Waals surface area contributed by atoms with E-state index in [1.54, 1.807) is 0 Å². The summed E-state index contributed by atoms with van der Waals surface area (Å²) in [5.41, 5.74) is 0. The fourth-order valence-electron chi connectivity index (χ4n) is 1.82. The lowest BCUT2D eigenvalue weighted by molar-refractivity contribution is 0.0713. The largest absolute Gasteiger partial charge is 0.379 e. The van der Waals surface area contributed by atoms with E-state index in [9.17, 15) is 8.42 Å². The molecule has 1 aliphatic heterocycles. The zero-order chi connectivity index (χ0) is 12.7. The highest BCUT2D eigenvalue weighted by Crippen LogP contribution is 2.02. The lowest BCUT2D eigenvalue weighted by Crippen LogP contribution is -2.45. The van der Waals surface area contributed by atoms with E-state index < -0.39 is 10.0 Å². The molecule has 0 saturated carbocycles. The van der Waals surface area contributed by atoms with E-state index >= 15 is 0 Å². The van der Waals surface area contributed by atoms with Crippen LogP contribution in [0.25, 0.3) is 0 Å². The highest BCUT2D eigenvalue weighted by atomic mass is 32.2. The maximum Gasteiger partial charge on any atom is 0.212 e. The van der Waals surface area contributed by atoms with E-state index in [1.807, 2.05) is 0 Å². The van der Waals surface area contributed by atoms with E-state index in [1.165, 1.54) is 7.05 Å². The summed E-state index contributed by atoms with van der Waals surface area (Å²) in [7, 11) is -1.67. The highest BCUT2D eigenvalue weighted by molar-refractivity contribution is 7.89. The summed E-state index contributed by atoms with van der Waals surface area (Å²) >= 11 is 0. The Bertz CT molecular complexity index is 302. The number of sulfonamides is 1. The normalized spacial score (nSPS) is 23.5. The quantitative estimate of drug-likeness (QED) is 0.544. The van der Waals surface area contributed by atoms with Gasteiger partial charge in [-0.15, -0.1) is 0 Å². The molecule has 1 aliphatic rings. The molecule has 102 valence electrons. The van der Waals surface area contributed by atoms with Crippen molar-refractivity contribution in [1.82, 2.24) is 15.4 Å². The third-order valence-corrected chi connectivity index (χ3v) is 4.17. The zero-order valence-corrected chi connectivity index (χ0v) is 11.3. The monoisotopic (exact) mass is 265 g/mol. The Kier molecular flexibility index (Phi) is 6.35. The maximum atomic E-state index is 11.2. The van der Waals surface area contributed by atoms with Crippen molar-refractivity contribution in [3.05, 3.63) is 0 Å². The number of morpholine rings is 1. The number of hydrogen-bond acceptors (Lipinski definition) is 5. The minimum atomic E-state index is -3.10. The van der Waals surface area contributed by atoms with Crippen LogP contribution in [0.2, 0.25) is 0 Å². The zero-order valence-electron chi connectivity index (χ0n) is 10.5. The van der Waals surface area contributed by atoms with Crippen LogP contribution in [0.3, 0.4) is 0 Å². The van der Waals surface area contributed by atoms with Gasteiger partial charge in [0.2, 0.25) is 10.0 Å². The first-order valence-corrected chi connectivity index (χ1v) is 7.64. The summed E-state index contributed by atoms with van der Waals surface area (Å²) in [5.74, 6) is 0.114. The van der Waals surface area contributed by atoms with E-state index in [-0.39, 0.29) is 11.8 Å². The molecule has 0 bridgehead atoms. The summed E-state index contributed by atoms with van der Waals surface area (Å²) in [6, 6.07) is 0.647. The SMILES string of the molecule is CNS(=O)(=O)CCNC(C)CC1COCCN1. The average molecular weight is 265 g/mol. The molecule has 1 fully saturated rings. The summed E-state index contributed by atoms with van der Waals surface area (Å²) in [6.45, 7) is 4.94. The lowest BCUT2D eigenvalue weighted by Gasteiger charge is -2.26. The van der Waals surface area contributed by atoms with Gasteiger partial charge in [-0.1, -0.05) is 0 Å². The number of ether oxygens (including phenoxy) is 1. The molecule has 2 atom stereocenters. The summed E-state index contributed by atoms with van der Waals surface area (Å²) in [4.78, 5) is 0. The predicted octanol–water partition coefficient (Wildman–Crippen LogP) is -1.11. The van der Waals surface area contributed by atoms with Crippen molar-refractivity contribution in [2.24, 2.45) is 0 Å². The van der Waals surface area contributed by atoms with Crippen molar-refractivity contribution >= 4 is 10.0 Å². The molecular formula is C10H23N3O3S. The van der Waals surface area contributed by atoms with Gasteiger partial charge >= 0.3 is 0 Å². The van der Waals surface area contributed by atoms with Crippen molar-refractivity contribution < 1.29 is 13.2 Å². The topological polar surface area (TPSA) is 79.5 Å². The Labute approximate surface area is 104 Å². The van der Waals surface area contributed by atoms with Crippen LogP contribution >= 0.6 is 0 Å². The van der Waals surface area contributed by atoms with Gasteiger partial charge in [-0.2, -0.15) is 0 Å². The molecule has 0 aromatic heterocycles. The first-order valence-electron chi connectivity index (χ1n) is 5.99. The number of rotatable bonds is 7. The van der Waals surface area contributed by atoms with Gasteiger partial charge in [-0.25, -0.2) is 13.1 Å². The Balaban J connectivity index is 2.14. The molecule has 1 saturated heterocycles. The molecule has 0 spiro atoms. The van der Waals surface area contributed by atoms with Gasteiger partial charge in [0.15, 0.2) is 0 Å². The first kappa shape index (κ1) is 14.8. The van der Waals surface area contributed by atoms with Crippen molar-refractivity contribution in [1.29, 1.82) is 0 Å². The smallest absolute Gasteiger partial charge is 0.212 e. The van der Waals surface area contributed by atoms with Crippen LogP contribution in [0.15, 0.2) is 0 Å². The molecule has 0 aromatic rings. The molecule has 17 heavy (non-hydrogen) atoms. The molecular weight excluding hydrogens is 242 g/mol. The number of hydrogen-bond donors (Lipinski definition) is 3. The van der Waals surface area contributed by atoms with E-state index in [0.29, 0.717) is 12.6 Å². The van der Waals surface area contributed by atoms with E-state index in [0.717, 1.165) is 26.2 Å². The van der Waals surface area contributed by atoms with E-state index in [2.05, 4.69) is 22.3 Å². The fourth-order valence-corrected chi connectivity index (χ4v) is 2.41. The van der Waals surface area contributed by atoms with Crippen LogP contribution < -0.4 is 15.4 Å². The van der Waals surface area contributed by atoms with Crippen LogP contribution in [0.1, 0.15) is 13.3 Å². The molecule has 0 radical (unpaired) electrons. The second-order valence-electron chi connectivity index (χ2n) is 4.34. The van der Waals surface area contributed by atoms with Crippen molar-refractivity contribution in [2.45, 2.75) is 25.4 Å². The van der Waals surface area contributed by atoms with Crippen molar-refractivity contribution in [3.8, 4) is 0 Å². The van der Waals surface area contributed by atoms with Crippen LogP contribution in [-0.4, -0.2) is 59.6 Å². The Morgan fingerprint density at radius 1 is 1.53 bits per heavy atom. The predicted molar refractivity (Wildman–Crippen MR) is 67.5 cm³/mol. The Morgan fingerprint density at radius 2 is 2.29 bits per heavy atom. The van der Waals surface area contributed by atoms with Crippen LogP contribution in [0.4, 0.5) is 0 Å². The third-order valence-electron chi connectivity index (χ3n) is 2.81. The molecule has 2 unspecified atom stereocenters. The lowest BCUT2D eigenvalue weighted by atomic mass is 10.1. The maximum absolute atomic E-state index is 11.2. The van der Waals surface area contributed by atoms with Gasteiger partial charge in [0.25, 0.3) is 0 Å². The molecule has 0 amide bonds. The molecule has 1 heterocycles. The minimum absolute atomic E-state index is 0.114. The summed E-state index contributed by atoms with van der Waals surface area (Å²) in [5, 5.41) is 6.58. The average Bonchev–Trinajstić information content (AvgIpc) is 2.30. The van der Waals surface area contributed by atoms with Crippen LogP contribution in [0.5, 0.6) is 0 Å². The second kappa shape index (κ2) is 7.27. The standard InChI is InChI=1S/C10H23N3O3S/c1-9(7-10-8-16-5-3-13-10)12-4-6-17(14,15)11-2/h9-13H,3-8H2,1-2H3. The van der Waals surface area contributed by atoms with Crippen LogP contribution in [0, 0.1) is 0 Å². The molecule has 6 nitrogen and oxygen atoms in total. The Hall–Kier alpha value is -0.210. The molecule has 0 aliphatic carbocycles. The van der Waals surface area contributed by atoms with E-state index in [4.69, 9.17) is 4.74 Å². The molecule has 1 rings (SSSR count). The molecule has 7 heteroatoms. The highest BCUT2D eigenvalue weighted by Gasteiger charge is 2.16. The van der Waals surface area contributed by atoms with Crippen molar-refractivity contribution in [3.63, 3.8) is 0 Å². The van der Waals surface area contributed by atoms with Gasteiger partial charge < -0.3 is 15.4 Å². The van der Waals surface area contributed by atoms with Crippen molar-refractivity contribution in [2.75, 3.05) is 39.1 Å². The first-order chi connectivity index (χ1) is 8.03.